The lowest BCUT2D eigenvalue weighted by molar-refractivity contribution is 0.219. The summed E-state index contributed by atoms with van der Waals surface area (Å²) in [5, 5.41) is 16.6. The first-order valence-electron chi connectivity index (χ1n) is 17.8. The van der Waals surface area contributed by atoms with Gasteiger partial charge in [0.1, 0.15) is 11.0 Å². The smallest absolute Gasteiger partial charge is 0.135 e. The largest absolute Gasteiger partial charge is 0.456 e. The number of nitrogens with one attached hydrogen (secondary N) is 3. The van der Waals surface area contributed by atoms with Crippen molar-refractivity contribution >= 4 is 44.9 Å². The summed E-state index contributed by atoms with van der Waals surface area (Å²) in [6, 6.07) is 43.9. The molecule has 0 amide bonds. The minimum absolute atomic E-state index is 0.0135. The quantitative estimate of drug-likeness (QED) is 0.175. The molecule has 3 heterocycles. The van der Waals surface area contributed by atoms with E-state index in [2.05, 4.69) is 166 Å². The summed E-state index contributed by atoms with van der Waals surface area (Å²) in [5.74, 6) is 0.288. The van der Waals surface area contributed by atoms with Crippen LogP contribution in [0.2, 0.25) is 0 Å². The van der Waals surface area contributed by atoms with Gasteiger partial charge in [0.25, 0.3) is 0 Å². The Morgan fingerprint density at radius 1 is 0.620 bits per heavy atom. The number of hydrogen-bond donors (Lipinski definition) is 3. The Balaban J connectivity index is 1.04. The van der Waals surface area contributed by atoms with Gasteiger partial charge in [-0.2, -0.15) is 0 Å². The van der Waals surface area contributed by atoms with Crippen LogP contribution >= 0.6 is 0 Å². The molecule has 1 aliphatic heterocycles. The summed E-state index contributed by atoms with van der Waals surface area (Å²) in [4.78, 5) is 0. The third-order valence-electron chi connectivity index (χ3n) is 10.7. The lowest BCUT2D eigenvalue weighted by Gasteiger charge is -2.40. The first-order chi connectivity index (χ1) is 24.8. The number of hydrogen-bond acceptors (Lipinski definition) is 4. The summed E-state index contributed by atoms with van der Waals surface area (Å²) in [6.07, 6.45) is 14.4. The second-order valence-corrected chi connectivity index (χ2v) is 13.7. The Morgan fingerprint density at radius 2 is 1.38 bits per heavy atom. The van der Waals surface area contributed by atoms with Crippen LogP contribution in [-0.2, 0) is 0 Å². The van der Waals surface area contributed by atoms with E-state index in [4.69, 9.17) is 4.42 Å². The van der Waals surface area contributed by atoms with Gasteiger partial charge in [-0.15, -0.1) is 0 Å². The lowest BCUT2D eigenvalue weighted by Crippen LogP contribution is -2.59. The van der Waals surface area contributed by atoms with Crippen LogP contribution in [0.1, 0.15) is 54.2 Å². The van der Waals surface area contributed by atoms with Crippen molar-refractivity contribution < 1.29 is 4.42 Å². The zero-order chi connectivity index (χ0) is 33.0. The molecule has 1 saturated heterocycles. The predicted molar refractivity (Wildman–Crippen MR) is 204 cm³/mol. The molecule has 3 aliphatic rings. The summed E-state index contributed by atoms with van der Waals surface area (Å²) < 4.78 is 8.59. The highest BCUT2D eigenvalue weighted by Crippen LogP contribution is 2.36. The van der Waals surface area contributed by atoms with Crippen LogP contribution in [0.3, 0.4) is 0 Å². The van der Waals surface area contributed by atoms with E-state index >= 15 is 0 Å². The van der Waals surface area contributed by atoms with Gasteiger partial charge < -0.3 is 8.98 Å². The van der Waals surface area contributed by atoms with E-state index in [1.807, 2.05) is 6.07 Å². The number of rotatable bonds is 5. The SMILES string of the molecule is C1=CCCC(C2NC(c3ccccc3)NC(c3cccc(-n4c5ccccc5c5cc(C6C=c7c(oc8ccccc78)=CC6)ccc54)c3)N2)=C1. The highest BCUT2D eigenvalue weighted by molar-refractivity contribution is 6.09. The number of benzene rings is 5. The first kappa shape index (κ1) is 29.5. The highest BCUT2D eigenvalue weighted by atomic mass is 16.3. The number of nitrogens with zero attached hydrogens (tertiary/aromatic N) is 1. The molecule has 10 rings (SSSR count). The fraction of sp³-hybridized carbons (Fsp3) is 0.156. The zero-order valence-electron chi connectivity index (χ0n) is 27.7. The summed E-state index contributed by atoms with van der Waals surface area (Å²) in [5.41, 5.74) is 10.7. The molecular weight excluding hydrogens is 613 g/mol. The minimum atomic E-state index is -0.0418. The molecule has 2 aromatic heterocycles. The van der Waals surface area contributed by atoms with Crippen molar-refractivity contribution in [3.8, 4) is 5.69 Å². The average Bonchev–Trinajstić information content (AvgIpc) is 3.73. The summed E-state index contributed by atoms with van der Waals surface area (Å²) in [7, 11) is 0. The molecule has 0 radical (unpaired) electrons. The van der Waals surface area contributed by atoms with Gasteiger partial charge in [-0.1, -0.05) is 109 Å². The topological polar surface area (TPSA) is 54.2 Å². The number of para-hydroxylation sites is 2. The van der Waals surface area contributed by atoms with Gasteiger partial charge in [0.2, 0.25) is 0 Å². The number of furan rings is 1. The summed E-state index contributed by atoms with van der Waals surface area (Å²) >= 11 is 0. The van der Waals surface area contributed by atoms with Gasteiger partial charge in [0.15, 0.2) is 0 Å². The molecule has 1 fully saturated rings. The molecule has 50 heavy (non-hydrogen) atoms. The Morgan fingerprint density at radius 3 is 2.26 bits per heavy atom. The van der Waals surface area contributed by atoms with Gasteiger partial charge in [-0.3, -0.25) is 16.0 Å². The van der Waals surface area contributed by atoms with Gasteiger partial charge in [-0.25, -0.2) is 0 Å². The standard InChI is InChI=1S/C45H38N4O/c1-3-12-29(13-4-1)43-46-44(30-14-5-2-6-15-30)48-45(47-43)33-16-11-17-34(26-33)49-39-20-9-7-18-35(39)37-27-31(22-24-40(37)49)32-23-25-42-38(28-32)36-19-8-10-21-41(36)50-42/h1-5,7-14,16-22,24-28,32,43-48H,6,15,23H2. The van der Waals surface area contributed by atoms with E-state index in [9.17, 15) is 0 Å². The van der Waals surface area contributed by atoms with Crippen LogP contribution < -0.4 is 26.6 Å². The van der Waals surface area contributed by atoms with Gasteiger partial charge in [-0.05, 0) is 84.0 Å². The third-order valence-corrected chi connectivity index (χ3v) is 10.7. The molecule has 0 saturated carbocycles. The first-order valence-corrected chi connectivity index (χ1v) is 17.8. The number of aromatic nitrogens is 1. The molecule has 5 nitrogen and oxygen atoms in total. The second-order valence-electron chi connectivity index (χ2n) is 13.7. The normalized spacial score (nSPS) is 21.9. The third kappa shape index (κ3) is 5.05. The molecule has 3 N–H and O–H groups in total. The molecule has 5 heteroatoms. The molecule has 0 bridgehead atoms. The van der Waals surface area contributed by atoms with Gasteiger partial charge in [0.05, 0.1) is 29.5 Å². The molecule has 4 atom stereocenters. The lowest BCUT2D eigenvalue weighted by atomic mass is 9.90. The van der Waals surface area contributed by atoms with E-state index in [1.165, 1.54) is 54.7 Å². The molecule has 7 aromatic rings. The van der Waals surface area contributed by atoms with Crippen LogP contribution in [0.5, 0.6) is 0 Å². The maximum absolute atomic E-state index is 6.17. The van der Waals surface area contributed by atoms with E-state index in [-0.39, 0.29) is 24.4 Å². The van der Waals surface area contributed by atoms with Crippen LogP contribution in [0.4, 0.5) is 0 Å². The molecule has 4 unspecified atom stereocenters. The van der Waals surface area contributed by atoms with Crippen LogP contribution in [0.15, 0.2) is 150 Å². The van der Waals surface area contributed by atoms with Crippen molar-refractivity contribution in [3.63, 3.8) is 0 Å². The van der Waals surface area contributed by atoms with E-state index in [0.717, 1.165) is 35.9 Å². The molecular formula is C45H38N4O. The summed E-state index contributed by atoms with van der Waals surface area (Å²) in [6.45, 7) is 0. The van der Waals surface area contributed by atoms with Crippen molar-refractivity contribution in [2.75, 3.05) is 0 Å². The van der Waals surface area contributed by atoms with Crippen molar-refractivity contribution in [2.45, 2.75) is 43.7 Å². The second kappa shape index (κ2) is 12.1. The molecule has 5 aromatic carbocycles. The monoisotopic (exact) mass is 650 g/mol. The number of allylic oxidation sites excluding steroid dienone is 3. The van der Waals surface area contributed by atoms with Crippen LogP contribution in [0.25, 0.3) is 50.6 Å². The zero-order valence-corrected chi connectivity index (χ0v) is 27.7. The Hall–Kier alpha value is -5.46. The maximum Gasteiger partial charge on any atom is 0.135 e. The van der Waals surface area contributed by atoms with E-state index < -0.39 is 0 Å². The van der Waals surface area contributed by atoms with Gasteiger partial charge >= 0.3 is 0 Å². The van der Waals surface area contributed by atoms with Crippen molar-refractivity contribution in [3.05, 3.63) is 172 Å². The highest BCUT2D eigenvalue weighted by Gasteiger charge is 2.31. The van der Waals surface area contributed by atoms with Crippen molar-refractivity contribution in [2.24, 2.45) is 0 Å². The van der Waals surface area contributed by atoms with E-state index in [0.29, 0.717) is 0 Å². The molecule has 2 aliphatic carbocycles. The fourth-order valence-corrected chi connectivity index (χ4v) is 8.24. The average molecular weight is 651 g/mol. The maximum atomic E-state index is 6.17. The minimum Gasteiger partial charge on any atom is -0.456 e. The fourth-order valence-electron chi connectivity index (χ4n) is 8.24. The van der Waals surface area contributed by atoms with Crippen LogP contribution in [0, 0.1) is 0 Å². The van der Waals surface area contributed by atoms with Gasteiger partial charge in [0, 0.05) is 33.0 Å². The van der Waals surface area contributed by atoms with E-state index in [1.54, 1.807) is 0 Å². The molecule has 0 spiro atoms. The Labute approximate surface area is 290 Å². The van der Waals surface area contributed by atoms with Crippen molar-refractivity contribution in [1.29, 1.82) is 0 Å². The van der Waals surface area contributed by atoms with Crippen LogP contribution in [-0.4, -0.2) is 10.7 Å². The van der Waals surface area contributed by atoms with Crippen molar-refractivity contribution in [1.82, 2.24) is 20.5 Å². The number of fused-ring (bicyclic) bond motifs is 6. The molecule has 244 valence electrons. The Kier molecular flexibility index (Phi) is 7.16. The predicted octanol–water partition coefficient (Wildman–Crippen LogP) is 8.36. The Bertz CT molecular complexity index is 2590.